The Labute approximate surface area is 80.0 Å². The van der Waals surface area contributed by atoms with Crippen LogP contribution in [0.15, 0.2) is 0 Å². The Morgan fingerprint density at radius 2 is 1.25 bits per heavy atom. The summed E-state index contributed by atoms with van der Waals surface area (Å²) in [4.78, 5) is 0. The molecule has 0 atom stereocenters. The van der Waals surface area contributed by atoms with Crippen molar-refractivity contribution >= 4 is 73.6 Å². The molecule has 0 heterocycles. The minimum absolute atomic E-state index is 0. The summed E-state index contributed by atoms with van der Waals surface area (Å²) >= 11 is 0.0556. The van der Waals surface area contributed by atoms with Crippen LogP contribution in [0.1, 0.15) is 0 Å². The Kier molecular flexibility index (Phi) is 77.2. The van der Waals surface area contributed by atoms with Crippen LogP contribution in [-0.2, 0) is 2.81 Å². The molecule has 0 aromatic heterocycles. The van der Waals surface area contributed by atoms with Crippen molar-refractivity contribution in [1.29, 1.82) is 0 Å². The molecule has 0 aliphatic carbocycles. The van der Waals surface area contributed by atoms with Gasteiger partial charge in [-0.3, -0.25) is 0 Å². The topological polar surface area (TPSA) is 47.1 Å². The van der Waals surface area contributed by atoms with Gasteiger partial charge in [0.05, 0.1) is 0 Å². The average molecular weight is 381 g/mol. The monoisotopic (exact) mass is 382 g/mol. The van der Waals surface area contributed by atoms with Gasteiger partial charge in [-0.1, -0.05) is 0 Å². The fourth-order valence-corrected chi connectivity index (χ4v) is 0. The van der Waals surface area contributed by atoms with Crippen molar-refractivity contribution in [2.24, 2.45) is 0 Å². The Morgan fingerprint density at radius 1 is 1.25 bits per heavy atom. The Bertz CT molecular complexity index is 6.00. The molecular formula is H3BaBiO2. The maximum atomic E-state index is 8.39. The van der Waals surface area contributed by atoms with Crippen molar-refractivity contribution in [2.75, 3.05) is 0 Å². The first kappa shape index (κ1) is 16.4. The molecule has 0 rings (SSSR count). The van der Waals surface area contributed by atoms with E-state index in [1.807, 2.05) is 0 Å². The van der Waals surface area contributed by atoms with Crippen molar-refractivity contribution in [3.63, 3.8) is 0 Å². The number of hydrogen-bond acceptors (Lipinski definition) is 2. The Balaban J connectivity index is -0.00000000500. The standard InChI is InChI=1S/Ba.Bi.H2O.O.2H/h;;1H2;;;/q+1;;;;;/p-1. The predicted molar refractivity (Wildman–Crippen MR) is 16.9 cm³/mol. The number of hydrogen-bond donors (Lipinski definition) is 0. The molecule has 0 aliphatic heterocycles. The van der Waals surface area contributed by atoms with Gasteiger partial charge in [0.15, 0.2) is 0 Å². The molecule has 0 aliphatic rings. The van der Waals surface area contributed by atoms with Gasteiger partial charge in [0.1, 0.15) is 0 Å². The second kappa shape index (κ2) is 18.9. The van der Waals surface area contributed by atoms with E-state index in [-0.39, 0.29) is 79.1 Å². The molecule has 0 unspecified atom stereocenters. The zero-order valence-corrected chi connectivity index (χ0v) is 12.5. The molecule has 0 bridgehead atoms. The van der Waals surface area contributed by atoms with Gasteiger partial charge in [-0.05, 0) is 0 Å². The van der Waals surface area contributed by atoms with E-state index in [4.69, 9.17) is 2.81 Å². The second-order valence-electron chi connectivity index (χ2n) is 0. The summed E-state index contributed by atoms with van der Waals surface area (Å²) in [6.07, 6.45) is 0. The van der Waals surface area contributed by atoms with Gasteiger partial charge in [0.2, 0.25) is 0 Å². The third-order valence-corrected chi connectivity index (χ3v) is 0. The van der Waals surface area contributed by atoms with Crippen molar-refractivity contribution in [2.45, 2.75) is 0 Å². The van der Waals surface area contributed by atoms with Gasteiger partial charge in [0.25, 0.3) is 0 Å². The van der Waals surface area contributed by atoms with E-state index >= 15 is 0 Å². The predicted octanol–water partition coefficient (Wildman–Crippen LogP) is -1.59. The summed E-state index contributed by atoms with van der Waals surface area (Å²) in [7, 11) is 0. The van der Waals surface area contributed by atoms with Gasteiger partial charge in [-0.15, -0.1) is 0 Å². The zero-order valence-electron chi connectivity index (χ0n) is 2.36. The fourth-order valence-electron chi connectivity index (χ4n) is 0. The van der Waals surface area contributed by atoms with Crippen LogP contribution in [0.3, 0.4) is 0 Å². The van der Waals surface area contributed by atoms with Crippen LogP contribution in [-0.4, -0.2) is 79.1 Å². The van der Waals surface area contributed by atoms with Crippen LogP contribution in [0.5, 0.6) is 0 Å². The van der Waals surface area contributed by atoms with Crippen molar-refractivity contribution < 1.29 is 8.29 Å². The third kappa shape index (κ3) is 8.88. The van der Waals surface area contributed by atoms with Gasteiger partial charge >= 0.3 is 76.4 Å². The van der Waals surface area contributed by atoms with E-state index < -0.39 is 0 Å². The summed E-state index contributed by atoms with van der Waals surface area (Å²) in [5.74, 6) is 0. The molecule has 0 aromatic rings. The molecule has 0 aromatic carbocycles. The summed E-state index contributed by atoms with van der Waals surface area (Å²) in [6, 6.07) is 0. The van der Waals surface area contributed by atoms with Gasteiger partial charge in [-0.2, -0.15) is 0 Å². The van der Waals surface area contributed by atoms with Crippen LogP contribution < -0.4 is 0 Å². The summed E-state index contributed by atoms with van der Waals surface area (Å²) in [6.45, 7) is 0. The first-order valence-electron chi connectivity index (χ1n) is 0.204. The van der Waals surface area contributed by atoms with Gasteiger partial charge < -0.3 is 5.48 Å². The van der Waals surface area contributed by atoms with E-state index in [9.17, 15) is 0 Å². The van der Waals surface area contributed by atoms with Crippen molar-refractivity contribution in [3.8, 4) is 0 Å². The van der Waals surface area contributed by atoms with Crippen LogP contribution in [0.4, 0.5) is 0 Å². The summed E-state index contributed by atoms with van der Waals surface area (Å²) in [5.41, 5.74) is 0. The summed E-state index contributed by atoms with van der Waals surface area (Å²) < 4.78 is 8.39. The van der Waals surface area contributed by atoms with E-state index in [0.29, 0.717) is 0 Å². The maximum absolute atomic E-state index is 8.39. The first-order chi connectivity index (χ1) is 1.00. The SMILES string of the molecule is [BaH+].[OH-].[O]=[BiH]. The molecular weight excluding hydrogens is 378 g/mol. The van der Waals surface area contributed by atoms with Crippen molar-refractivity contribution in [1.82, 2.24) is 0 Å². The molecule has 1 N–H and O–H groups in total. The molecule has 0 saturated heterocycles. The molecule has 0 saturated carbocycles. The van der Waals surface area contributed by atoms with Crippen LogP contribution in [0.2, 0.25) is 0 Å². The fraction of sp³-hybridized carbons (Fsp3) is 0. The van der Waals surface area contributed by atoms with Crippen molar-refractivity contribution in [3.05, 3.63) is 0 Å². The average Bonchev–Trinajstić information content (AvgIpc) is 1.00. The second-order valence-corrected chi connectivity index (χ2v) is 0. The quantitative estimate of drug-likeness (QED) is 0.475. The van der Waals surface area contributed by atoms with Crippen LogP contribution >= 0.6 is 0 Å². The molecule has 0 spiro atoms. The minimum atomic E-state index is 0. The first-order valence-corrected chi connectivity index (χ1v) is 1.79. The third-order valence-electron chi connectivity index (χ3n) is 0. The Morgan fingerprint density at radius 3 is 1.25 bits per heavy atom. The number of rotatable bonds is 0. The van der Waals surface area contributed by atoms with Crippen LogP contribution in [0, 0.1) is 0 Å². The Hall–Kier alpha value is 2.21. The molecule has 0 fully saturated rings. The molecule has 2 nitrogen and oxygen atoms in total. The molecule has 0 amide bonds. The normalized spacial score (nSPS) is 1.00. The summed E-state index contributed by atoms with van der Waals surface area (Å²) in [5, 5.41) is 0. The zero-order chi connectivity index (χ0) is 2.00. The van der Waals surface area contributed by atoms with E-state index in [1.165, 1.54) is 0 Å². The molecule has 4 heavy (non-hydrogen) atoms. The van der Waals surface area contributed by atoms with Gasteiger partial charge in [-0.25, -0.2) is 0 Å². The van der Waals surface area contributed by atoms with E-state index in [2.05, 4.69) is 0 Å². The molecule has 22 valence electrons. The van der Waals surface area contributed by atoms with E-state index in [1.54, 1.807) is 0 Å². The van der Waals surface area contributed by atoms with Gasteiger partial charge in [0, 0.05) is 0 Å². The van der Waals surface area contributed by atoms with E-state index in [0.717, 1.165) is 0 Å². The molecule has 0 radical (unpaired) electrons. The molecule has 4 heteroatoms. The van der Waals surface area contributed by atoms with Crippen LogP contribution in [0.25, 0.3) is 0 Å².